The summed E-state index contributed by atoms with van der Waals surface area (Å²) in [7, 11) is 0. The predicted octanol–water partition coefficient (Wildman–Crippen LogP) is 3.73. The summed E-state index contributed by atoms with van der Waals surface area (Å²) in [6, 6.07) is 13.5. The van der Waals surface area contributed by atoms with Crippen molar-refractivity contribution in [3.63, 3.8) is 0 Å². The van der Waals surface area contributed by atoms with Crippen LogP contribution in [-0.2, 0) is 4.79 Å². The SMILES string of the molecule is CCOc1cc(C=C(NC(=O)c2ccccc2)C(=O)O)ccc1OC(C)C. The molecule has 0 spiro atoms. The Kier molecular flexibility index (Phi) is 7.00. The van der Waals surface area contributed by atoms with E-state index >= 15 is 0 Å². The van der Waals surface area contributed by atoms with Crippen LogP contribution in [-0.4, -0.2) is 29.7 Å². The van der Waals surface area contributed by atoms with E-state index in [1.54, 1.807) is 48.5 Å². The highest BCUT2D eigenvalue weighted by Gasteiger charge is 2.14. The molecule has 0 saturated carbocycles. The van der Waals surface area contributed by atoms with Crippen molar-refractivity contribution in [1.82, 2.24) is 5.32 Å². The summed E-state index contributed by atoms with van der Waals surface area (Å²) in [5.74, 6) is -0.637. The minimum atomic E-state index is -1.24. The van der Waals surface area contributed by atoms with E-state index in [9.17, 15) is 14.7 Å². The molecule has 0 radical (unpaired) electrons. The molecule has 0 aromatic heterocycles. The largest absolute Gasteiger partial charge is 0.490 e. The van der Waals surface area contributed by atoms with Gasteiger partial charge in [0.1, 0.15) is 5.70 Å². The van der Waals surface area contributed by atoms with Crippen molar-refractivity contribution in [2.24, 2.45) is 0 Å². The Hall–Kier alpha value is -3.28. The molecule has 0 fully saturated rings. The average Bonchev–Trinajstić information content (AvgIpc) is 2.63. The first kappa shape index (κ1) is 20.0. The van der Waals surface area contributed by atoms with Crippen molar-refractivity contribution >= 4 is 18.0 Å². The van der Waals surface area contributed by atoms with E-state index in [1.807, 2.05) is 20.8 Å². The van der Waals surface area contributed by atoms with Gasteiger partial charge in [-0.25, -0.2) is 4.79 Å². The van der Waals surface area contributed by atoms with Crippen LogP contribution in [0.2, 0.25) is 0 Å². The Bertz CT molecular complexity index is 828. The third kappa shape index (κ3) is 5.88. The molecule has 27 heavy (non-hydrogen) atoms. The Balaban J connectivity index is 2.30. The third-order valence-electron chi connectivity index (χ3n) is 3.46. The molecule has 2 aromatic rings. The smallest absolute Gasteiger partial charge is 0.352 e. The number of ether oxygens (including phenoxy) is 2. The van der Waals surface area contributed by atoms with E-state index in [-0.39, 0.29) is 11.8 Å². The lowest BCUT2D eigenvalue weighted by molar-refractivity contribution is -0.132. The summed E-state index contributed by atoms with van der Waals surface area (Å²) in [6.45, 7) is 6.11. The van der Waals surface area contributed by atoms with Crippen molar-refractivity contribution in [3.05, 3.63) is 65.4 Å². The molecule has 0 bridgehead atoms. The first-order chi connectivity index (χ1) is 12.9. The molecule has 0 aliphatic heterocycles. The number of nitrogens with one attached hydrogen (secondary N) is 1. The monoisotopic (exact) mass is 369 g/mol. The normalized spacial score (nSPS) is 11.2. The molecule has 0 unspecified atom stereocenters. The zero-order valence-electron chi connectivity index (χ0n) is 15.6. The van der Waals surface area contributed by atoms with Gasteiger partial charge in [-0.15, -0.1) is 0 Å². The Morgan fingerprint density at radius 1 is 1.11 bits per heavy atom. The maximum atomic E-state index is 12.2. The molecule has 0 atom stereocenters. The van der Waals surface area contributed by atoms with Crippen LogP contribution < -0.4 is 14.8 Å². The van der Waals surface area contributed by atoms with Crippen molar-refractivity contribution in [2.45, 2.75) is 26.9 Å². The molecule has 6 heteroatoms. The van der Waals surface area contributed by atoms with Crippen LogP contribution in [0.4, 0.5) is 0 Å². The molecule has 2 rings (SSSR count). The van der Waals surface area contributed by atoms with Gasteiger partial charge < -0.3 is 19.9 Å². The van der Waals surface area contributed by atoms with E-state index in [4.69, 9.17) is 9.47 Å². The third-order valence-corrected chi connectivity index (χ3v) is 3.46. The maximum Gasteiger partial charge on any atom is 0.352 e. The topological polar surface area (TPSA) is 84.9 Å². The van der Waals surface area contributed by atoms with Crippen LogP contribution in [0.15, 0.2) is 54.2 Å². The van der Waals surface area contributed by atoms with E-state index < -0.39 is 11.9 Å². The van der Waals surface area contributed by atoms with E-state index in [0.717, 1.165) is 0 Å². The first-order valence-corrected chi connectivity index (χ1v) is 8.65. The molecular weight excluding hydrogens is 346 g/mol. The second-order valence-corrected chi connectivity index (χ2v) is 5.99. The highest BCUT2D eigenvalue weighted by molar-refractivity contribution is 6.02. The molecule has 0 aliphatic rings. The predicted molar refractivity (Wildman–Crippen MR) is 103 cm³/mol. The number of aliphatic carboxylic acids is 1. The fourth-order valence-electron chi connectivity index (χ4n) is 2.34. The number of amides is 1. The summed E-state index contributed by atoms with van der Waals surface area (Å²) >= 11 is 0. The molecule has 1 amide bonds. The standard InChI is InChI=1S/C21H23NO5/c1-4-26-19-13-15(10-11-18(19)27-14(2)3)12-17(21(24)25)22-20(23)16-8-6-5-7-9-16/h5-14H,4H2,1-3H3,(H,22,23)(H,24,25). The summed E-state index contributed by atoms with van der Waals surface area (Å²) in [6.07, 6.45) is 1.36. The Morgan fingerprint density at radius 3 is 2.41 bits per heavy atom. The van der Waals surface area contributed by atoms with E-state index in [2.05, 4.69) is 5.32 Å². The first-order valence-electron chi connectivity index (χ1n) is 8.65. The number of hydrogen-bond acceptors (Lipinski definition) is 4. The molecule has 6 nitrogen and oxygen atoms in total. The lowest BCUT2D eigenvalue weighted by Gasteiger charge is -2.15. The van der Waals surface area contributed by atoms with Gasteiger partial charge >= 0.3 is 5.97 Å². The van der Waals surface area contributed by atoms with Crippen LogP contribution in [0.1, 0.15) is 36.7 Å². The van der Waals surface area contributed by atoms with Gasteiger partial charge in [0.15, 0.2) is 11.5 Å². The maximum absolute atomic E-state index is 12.2. The molecular formula is C21H23NO5. The van der Waals surface area contributed by atoms with Gasteiger partial charge in [-0.1, -0.05) is 24.3 Å². The van der Waals surface area contributed by atoms with E-state index in [1.165, 1.54) is 6.08 Å². The number of carbonyl (C=O) groups is 2. The van der Waals surface area contributed by atoms with Gasteiger partial charge in [0.05, 0.1) is 12.7 Å². The fourth-order valence-corrected chi connectivity index (χ4v) is 2.34. The summed E-state index contributed by atoms with van der Waals surface area (Å²) < 4.78 is 11.3. The second kappa shape index (κ2) is 9.43. The summed E-state index contributed by atoms with van der Waals surface area (Å²) in [4.78, 5) is 23.8. The van der Waals surface area contributed by atoms with Gasteiger partial charge in [-0.3, -0.25) is 4.79 Å². The number of carbonyl (C=O) groups excluding carboxylic acids is 1. The van der Waals surface area contributed by atoms with Crippen molar-refractivity contribution < 1.29 is 24.2 Å². The van der Waals surface area contributed by atoms with Crippen molar-refractivity contribution in [3.8, 4) is 11.5 Å². The van der Waals surface area contributed by atoms with Crippen LogP contribution in [0.25, 0.3) is 6.08 Å². The van der Waals surface area contributed by atoms with Gasteiger partial charge in [-0.2, -0.15) is 0 Å². The lowest BCUT2D eigenvalue weighted by atomic mass is 10.1. The van der Waals surface area contributed by atoms with E-state index in [0.29, 0.717) is 29.2 Å². The van der Waals surface area contributed by atoms with Gasteiger partial charge in [0.2, 0.25) is 0 Å². The van der Waals surface area contributed by atoms with Crippen molar-refractivity contribution in [2.75, 3.05) is 6.61 Å². The average molecular weight is 369 g/mol. The molecule has 0 heterocycles. The Labute approximate surface area is 158 Å². The number of carboxylic acids is 1. The number of hydrogen-bond donors (Lipinski definition) is 2. The van der Waals surface area contributed by atoms with Gasteiger partial charge in [0, 0.05) is 5.56 Å². The molecule has 142 valence electrons. The van der Waals surface area contributed by atoms with Crippen LogP contribution in [0.5, 0.6) is 11.5 Å². The molecule has 2 aromatic carbocycles. The van der Waals surface area contributed by atoms with Crippen LogP contribution in [0.3, 0.4) is 0 Å². The number of carboxylic acid groups (broad SMARTS) is 1. The molecule has 0 aliphatic carbocycles. The van der Waals surface area contributed by atoms with Gasteiger partial charge in [-0.05, 0) is 56.7 Å². The molecule has 2 N–H and O–H groups in total. The summed E-state index contributed by atoms with van der Waals surface area (Å²) in [5, 5.41) is 11.9. The van der Waals surface area contributed by atoms with Gasteiger partial charge in [0.25, 0.3) is 5.91 Å². The lowest BCUT2D eigenvalue weighted by Crippen LogP contribution is -2.27. The minimum Gasteiger partial charge on any atom is -0.490 e. The van der Waals surface area contributed by atoms with Crippen LogP contribution in [0, 0.1) is 0 Å². The number of benzene rings is 2. The highest BCUT2D eigenvalue weighted by atomic mass is 16.5. The molecule has 0 saturated heterocycles. The highest BCUT2D eigenvalue weighted by Crippen LogP contribution is 2.30. The second-order valence-electron chi connectivity index (χ2n) is 5.99. The zero-order chi connectivity index (χ0) is 19.8. The number of rotatable bonds is 8. The van der Waals surface area contributed by atoms with Crippen molar-refractivity contribution in [1.29, 1.82) is 0 Å². The zero-order valence-corrected chi connectivity index (χ0v) is 15.6. The fraction of sp³-hybridized carbons (Fsp3) is 0.238. The summed E-state index contributed by atoms with van der Waals surface area (Å²) in [5.41, 5.74) is 0.712. The quantitative estimate of drug-likeness (QED) is 0.693. The minimum absolute atomic E-state index is 0.0228. The van der Waals surface area contributed by atoms with Crippen LogP contribution >= 0.6 is 0 Å². The Morgan fingerprint density at radius 2 is 1.81 bits per heavy atom.